The Labute approximate surface area is 362 Å². The monoisotopic (exact) mass is 858 g/mol. The Morgan fingerprint density at radius 1 is 0.590 bits per heavy atom. The molecule has 2 aliphatic heterocycles. The topological polar surface area (TPSA) is 165 Å². The van der Waals surface area contributed by atoms with Crippen molar-refractivity contribution in [1.82, 2.24) is 9.80 Å². The van der Waals surface area contributed by atoms with Crippen LogP contribution in [0.25, 0.3) is 22.3 Å². The Morgan fingerprint density at radius 3 is 1.48 bits per heavy atom. The van der Waals surface area contributed by atoms with E-state index in [1.807, 2.05) is 32.0 Å². The fourth-order valence-electron chi connectivity index (χ4n) is 8.43. The molecule has 2 aliphatic carbocycles. The molecule has 2 fully saturated rings. The molecule has 0 spiro atoms. The molecular formula is C46H55ClN4O10. The molecule has 4 aromatic rings. The second kappa shape index (κ2) is 20.3. The largest absolute Gasteiger partial charge is 0.496 e. The minimum atomic E-state index is -0.555. The molecule has 0 amide bonds. The lowest BCUT2D eigenvalue weighted by Gasteiger charge is -2.18. The van der Waals surface area contributed by atoms with Gasteiger partial charge in [0.2, 0.25) is 11.5 Å². The van der Waals surface area contributed by atoms with Gasteiger partial charge in [0.1, 0.15) is 47.5 Å². The van der Waals surface area contributed by atoms with Crippen LogP contribution in [0.4, 0.5) is 11.4 Å². The van der Waals surface area contributed by atoms with Crippen molar-refractivity contribution < 1.29 is 42.9 Å². The van der Waals surface area contributed by atoms with Crippen LogP contribution < -0.4 is 34.2 Å². The maximum atomic E-state index is 13.3. The van der Waals surface area contributed by atoms with Crippen molar-refractivity contribution >= 4 is 35.3 Å². The van der Waals surface area contributed by atoms with Crippen molar-refractivity contribution in [2.75, 3.05) is 85.6 Å². The molecule has 4 aliphatic rings. The number of benzene rings is 4. The maximum Gasteiger partial charge on any atom is 0.322 e. The van der Waals surface area contributed by atoms with E-state index in [0.717, 1.165) is 51.3 Å². The van der Waals surface area contributed by atoms with Crippen molar-refractivity contribution in [3.63, 3.8) is 0 Å². The Hall–Kier alpha value is -5.57. The fourth-order valence-corrected chi connectivity index (χ4v) is 8.43. The Balaban J connectivity index is 0.000000201. The lowest BCUT2D eigenvalue weighted by Crippen LogP contribution is -2.25. The number of nitrogen functional groups attached to an aromatic ring is 1. The highest BCUT2D eigenvalue weighted by molar-refractivity contribution is 6.27. The predicted octanol–water partition coefficient (Wildman–Crippen LogP) is 8.25. The van der Waals surface area contributed by atoms with E-state index in [2.05, 4.69) is 9.80 Å². The molecule has 0 radical (unpaired) electrons. The third kappa shape index (κ3) is 9.07. The zero-order chi connectivity index (χ0) is 42.3. The number of carbonyl (C=O) groups is 2. The summed E-state index contributed by atoms with van der Waals surface area (Å²) >= 11 is 0. The summed E-state index contributed by atoms with van der Waals surface area (Å²) in [5.74, 6) is 2.14. The highest BCUT2D eigenvalue weighted by Gasteiger charge is 2.41. The van der Waals surface area contributed by atoms with E-state index in [1.54, 1.807) is 31.4 Å². The summed E-state index contributed by atoms with van der Waals surface area (Å²) in [5.41, 5.74) is 10.2. The molecule has 8 rings (SSSR count). The molecule has 2 heterocycles. The van der Waals surface area contributed by atoms with Gasteiger partial charge in [-0.2, -0.15) is 0 Å². The normalized spacial score (nSPS) is 14.9. The molecule has 0 unspecified atom stereocenters. The van der Waals surface area contributed by atoms with Gasteiger partial charge in [-0.25, -0.2) is 0 Å². The first-order chi connectivity index (χ1) is 29.2. The van der Waals surface area contributed by atoms with Crippen LogP contribution in [-0.4, -0.2) is 106 Å². The summed E-state index contributed by atoms with van der Waals surface area (Å²) < 4.78 is 34.7. The average Bonchev–Trinajstić information content (AvgIpc) is 4.08. The standard InChI is InChI=1S/C23H26N2O6.C23H28N2O4.ClH/c1-3-12-30-18-14-17(29-2)20-19-15(23(26)21(20)22(18)25(27)28)7-6-8-16(19)31-13-11-24-9-4-5-10-24;1-3-12-28-18-14-17(27-2)20-19-15(23(26)21(20)22(18)24)7-6-8-16(19)29-13-11-25-9-4-5-10-25;/h6-8,14H,3-5,9-13H2,1-2H3;6-8,14H,3-5,9-13,24H2,1-2H3;1H. The third-order valence-corrected chi connectivity index (χ3v) is 11.3. The van der Waals surface area contributed by atoms with Crippen LogP contribution in [0.5, 0.6) is 34.5 Å². The fraction of sp³-hybridized carbons (Fsp3) is 0.435. The van der Waals surface area contributed by atoms with Gasteiger partial charge >= 0.3 is 5.69 Å². The molecule has 326 valence electrons. The minimum Gasteiger partial charge on any atom is -0.496 e. The smallest absolute Gasteiger partial charge is 0.322 e. The molecule has 0 bridgehead atoms. The van der Waals surface area contributed by atoms with Crippen LogP contribution >= 0.6 is 12.4 Å². The Morgan fingerprint density at radius 2 is 1.02 bits per heavy atom. The number of nitrogens with two attached hydrogens (primary N) is 1. The molecule has 0 aromatic heterocycles. The number of nitro benzene ring substituents is 1. The predicted molar refractivity (Wildman–Crippen MR) is 236 cm³/mol. The first-order valence-electron chi connectivity index (χ1n) is 20.9. The van der Waals surface area contributed by atoms with E-state index in [-0.39, 0.29) is 35.2 Å². The van der Waals surface area contributed by atoms with Gasteiger partial charge in [0.15, 0.2) is 5.78 Å². The number of hydrogen-bond donors (Lipinski definition) is 1. The zero-order valence-electron chi connectivity index (χ0n) is 35.3. The Bertz CT molecular complexity index is 2250. The first-order valence-corrected chi connectivity index (χ1v) is 20.9. The average molecular weight is 859 g/mol. The SMILES string of the molecule is CCCOc1cc(OC)c2c(c1N)C(=O)c1cccc(OCCN3CCCC3)c1-2.CCCOc1cc(OC)c2c(c1[N+](=O)[O-])C(=O)c1cccc(OCCN3CCCC3)c1-2.Cl. The molecule has 2 N–H and O–H groups in total. The third-order valence-electron chi connectivity index (χ3n) is 11.3. The van der Waals surface area contributed by atoms with E-state index in [9.17, 15) is 19.7 Å². The van der Waals surface area contributed by atoms with Gasteiger partial charge in [-0.05, 0) is 76.8 Å². The van der Waals surface area contributed by atoms with Crippen molar-refractivity contribution in [3.8, 4) is 56.8 Å². The molecule has 15 heteroatoms. The number of carbonyl (C=O) groups excluding carboxylic acids is 2. The number of rotatable bonds is 17. The van der Waals surface area contributed by atoms with Crippen LogP contribution in [0.3, 0.4) is 0 Å². The van der Waals surface area contributed by atoms with Crippen molar-refractivity contribution in [3.05, 3.63) is 80.9 Å². The number of anilines is 1. The van der Waals surface area contributed by atoms with Crippen LogP contribution in [0.2, 0.25) is 0 Å². The van der Waals surface area contributed by atoms with Gasteiger partial charge in [0.25, 0.3) is 0 Å². The van der Waals surface area contributed by atoms with Gasteiger partial charge in [-0.3, -0.25) is 29.5 Å². The van der Waals surface area contributed by atoms with E-state index in [4.69, 9.17) is 34.2 Å². The summed E-state index contributed by atoms with van der Waals surface area (Å²) in [6.45, 7) is 11.9. The van der Waals surface area contributed by atoms with Gasteiger partial charge in [-0.15, -0.1) is 12.4 Å². The number of halogens is 1. The second-order valence-electron chi connectivity index (χ2n) is 15.2. The molecule has 2 saturated heterocycles. The van der Waals surface area contributed by atoms with Crippen LogP contribution in [-0.2, 0) is 0 Å². The van der Waals surface area contributed by atoms with Crippen molar-refractivity contribution in [2.45, 2.75) is 52.4 Å². The number of nitrogens with zero attached hydrogens (tertiary/aromatic N) is 3. The lowest BCUT2D eigenvalue weighted by molar-refractivity contribution is -0.386. The number of ketones is 2. The molecule has 0 atom stereocenters. The molecule has 4 aromatic carbocycles. The lowest BCUT2D eigenvalue weighted by atomic mass is 10.0. The van der Waals surface area contributed by atoms with Crippen molar-refractivity contribution in [1.29, 1.82) is 0 Å². The summed E-state index contributed by atoms with van der Waals surface area (Å²) in [6.07, 6.45) is 6.43. The number of methoxy groups -OCH3 is 2. The van der Waals surface area contributed by atoms with E-state index < -0.39 is 10.7 Å². The summed E-state index contributed by atoms with van der Waals surface area (Å²) in [7, 11) is 3.07. The van der Waals surface area contributed by atoms with Crippen molar-refractivity contribution in [2.24, 2.45) is 0 Å². The highest BCUT2D eigenvalue weighted by Crippen LogP contribution is 2.54. The molecular weight excluding hydrogens is 804 g/mol. The van der Waals surface area contributed by atoms with Crippen LogP contribution in [0, 0.1) is 10.1 Å². The zero-order valence-corrected chi connectivity index (χ0v) is 36.2. The number of nitro groups is 1. The molecule has 61 heavy (non-hydrogen) atoms. The van der Waals surface area contributed by atoms with E-state index in [1.165, 1.54) is 38.9 Å². The van der Waals surface area contributed by atoms with E-state index in [0.29, 0.717) is 101 Å². The molecule has 14 nitrogen and oxygen atoms in total. The summed E-state index contributed by atoms with van der Waals surface area (Å²) in [5, 5.41) is 11.9. The highest BCUT2D eigenvalue weighted by atomic mass is 35.5. The minimum absolute atomic E-state index is 0. The summed E-state index contributed by atoms with van der Waals surface area (Å²) in [6, 6.07) is 14.0. The van der Waals surface area contributed by atoms with Crippen LogP contribution in [0.1, 0.15) is 84.2 Å². The second-order valence-corrected chi connectivity index (χ2v) is 15.2. The first kappa shape index (κ1) is 45.0. The number of hydrogen-bond acceptors (Lipinski definition) is 13. The quantitative estimate of drug-likeness (QED) is 0.0530. The molecule has 0 saturated carbocycles. The van der Waals surface area contributed by atoms with Gasteiger partial charge in [-0.1, -0.05) is 38.1 Å². The summed E-state index contributed by atoms with van der Waals surface area (Å²) in [4.78, 5) is 42.6. The van der Waals surface area contributed by atoms with Gasteiger partial charge in [0, 0.05) is 58.6 Å². The number of fused-ring (bicyclic) bond motifs is 6. The van der Waals surface area contributed by atoms with Crippen LogP contribution in [0.15, 0.2) is 48.5 Å². The van der Waals surface area contributed by atoms with Gasteiger partial charge in [0.05, 0.1) is 43.6 Å². The van der Waals surface area contributed by atoms with Gasteiger partial charge < -0.3 is 34.2 Å². The van der Waals surface area contributed by atoms with E-state index >= 15 is 0 Å². The number of likely N-dealkylation sites (tertiary alicyclic amines) is 2. The number of ether oxygens (including phenoxy) is 6. The Kier molecular flexibility index (Phi) is 15.0. The maximum absolute atomic E-state index is 13.3.